The molecule has 0 aliphatic rings. The van der Waals surface area contributed by atoms with Gasteiger partial charge in [-0.25, -0.2) is 0 Å². The molecule has 0 N–H and O–H groups in total. The molecule has 0 saturated carbocycles. The van der Waals surface area contributed by atoms with Crippen LogP contribution in [0.25, 0.3) is 0 Å². The molecule has 0 aromatic rings. The van der Waals surface area contributed by atoms with Crippen LogP contribution in [0.15, 0.2) is 0 Å². The maximum atomic E-state index is 9.64. The van der Waals surface area contributed by atoms with Gasteiger partial charge in [0.15, 0.2) is 0 Å². The predicted molar refractivity (Wildman–Crippen MR) is 39.3 cm³/mol. The Hall–Kier alpha value is -0.970. The van der Waals surface area contributed by atoms with Crippen molar-refractivity contribution in [2.45, 2.75) is 25.7 Å². The molecule has 10 heavy (non-hydrogen) atoms. The second-order valence-electron chi connectivity index (χ2n) is 1.98. The van der Waals surface area contributed by atoms with E-state index in [1.807, 2.05) is 0 Å². The number of hydrogen-bond acceptors (Lipinski definition) is 2. The van der Waals surface area contributed by atoms with Crippen LogP contribution in [-0.2, 0) is 9.53 Å². The van der Waals surface area contributed by atoms with E-state index in [0.717, 1.165) is 25.7 Å². The van der Waals surface area contributed by atoms with Gasteiger partial charge in [0.05, 0.1) is 6.61 Å². The maximum absolute atomic E-state index is 9.64. The van der Waals surface area contributed by atoms with Gasteiger partial charge in [-0.3, -0.25) is 4.79 Å². The topological polar surface area (TPSA) is 26.3 Å². The van der Waals surface area contributed by atoms with Gasteiger partial charge in [-0.1, -0.05) is 0 Å². The van der Waals surface area contributed by atoms with Crippen molar-refractivity contribution in [1.82, 2.24) is 0 Å². The third-order valence-electron chi connectivity index (χ3n) is 1.15. The molecule has 0 aliphatic heterocycles. The van der Waals surface area contributed by atoms with Crippen LogP contribution >= 0.6 is 0 Å². The third kappa shape index (κ3) is 7.03. The third-order valence-corrected chi connectivity index (χ3v) is 1.15. The highest BCUT2D eigenvalue weighted by molar-refractivity contribution is 5.36. The van der Waals surface area contributed by atoms with Crippen molar-refractivity contribution in [2.75, 3.05) is 6.61 Å². The minimum Gasteiger partial charge on any atom is -0.468 e. The molecular formula is C8H12O2. The molecule has 0 aromatic heterocycles. The van der Waals surface area contributed by atoms with Crippen molar-refractivity contribution in [3.8, 4) is 12.3 Å². The van der Waals surface area contributed by atoms with E-state index in [9.17, 15) is 4.79 Å². The van der Waals surface area contributed by atoms with Gasteiger partial charge in [-0.15, -0.1) is 12.3 Å². The van der Waals surface area contributed by atoms with E-state index in [2.05, 4.69) is 10.7 Å². The molecule has 2 heteroatoms. The summed E-state index contributed by atoms with van der Waals surface area (Å²) in [6.07, 6.45) is 8.84. The Morgan fingerprint density at radius 2 is 2.20 bits per heavy atom. The average molecular weight is 140 g/mol. The Morgan fingerprint density at radius 3 is 2.80 bits per heavy atom. The van der Waals surface area contributed by atoms with Crippen LogP contribution in [0.4, 0.5) is 0 Å². The fourth-order valence-electron chi connectivity index (χ4n) is 0.637. The predicted octanol–water partition coefficient (Wildman–Crippen LogP) is 1.35. The molecule has 0 unspecified atom stereocenters. The van der Waals surface area contributed by atoms with Crippen LogP contribution in [0.1, 0.15) is 25.7 Å². The molecule has 0 spiro atoms. The second-order valence-corrected chi connectivity index (χ2v) is 1.98. The summed E-state index contributed by atoms with van der Waals surface area (Å²) < 4.78 is 4.48. The molecule has 0 rings (SSSR count). The SMILES string of the molecule is C#CCCCCCOC=O. The molecule has 0 aliphatic carbocycles. The zero-order valence-corrected chi connectivity index (χ0v) is 6.01. The number of carbonyl (C=O) groups excluding carboxylic acids is 1. The highest BCUT2D eigenvalue weighted by Gasteiger charge is 1.86. The van der Waals surface area contributed by atoms with Gasteiger partial charge in [-0.2, -0.15) is 0 Å². The number of ether oxygens (including phenoxy) is 1. The molecule has 0 heterocycles. The molecule has 2 nitrogen and oxygen atoms in total. The van der Waals surface area contributed by atoms with E-state index in [1.54, 1.807) is 0 Å². The summed E-state index contributed by atoms with van der Waals surface area (Å²) in [6.45, 7) is 0.995. The first kappa shape index (κ1) is 9.03. The lowest BCUT2D eigenvalue weighted by molar-refractivity contribution is -0.128. The maximum Gasteiger partial charge on any atom is 0.293 e. The number of carbonyl (C=O) groups is 1. The van der Waals surface area contributed by atoms with E-state index in [0.29, 0.717) is 13.1 Å². The first-order chi connectivity index (χ1) is 4.91. The highest BCUT2D eigenvalue weighted by atomic mass is 16.5. The lowest BCUT2D eigenvalue weighted by Gasteiger charge is -1.95. The fraction of sp³-hybridized carbons (Fsp3) is 0.625. The Labute approximate surface area is 61.6 Å². The standard InChI is InChI=1S/C8H12O2/c1-2-3-4-5-6-7-10-8-9/h1,8H,3-7H2. The number of unbranched alkanes of at least 4 members (excludes halogenated alkanes) is 3. The van der Waals surface area contributed by atoms with Gasteiger partial charge in [0.1, 0.15) is 0 Å². The number of hydrogen-bond donors (Lipinski definition) is 0. The molecule has 0 fully saturated rings. The minimum absolute atomic E-state index is 0.473. The molecular weight excluding hydrogens is 128 g/mol. The van der Waals surface area contributed by atoms with Crippen LogP contribution in [-0.4, -0.2) is 13.1 Å². The normalized spacial score (nSPS) is 8.30. The van der Waals surface area contributed by atoms with Crippen molar-refractivity contribution < 1.29 is 9.53 Å². The van der Waals surface area contributed by atoms with E-state index < -0.39 is 0 Å². The van der Waals surface area contributed by atoms with Crippen molar-refractivity contribution in [2.24, 2.45) is 0 Å². The van der Waals surface area contributed by atoms with Crippen LogP contribution in [0.3, 0.4) is 0 Å². The smallest absolute Gasteiger partial charge is 0.293 e. The summed E-state index contributed by atoms with van der Waals surface area (Å²) in [6, 6.07) is 0. The lowest BCUT2D eigenvalue weighted by Crippen LogP contribution is -1.90. The summed E-state index contributed by atoms with van der Waals surface area (Å²) >= 11 is 0. The second kappa shape index (κ2) is 8.03. The molecule has 0 radical (unpaired) electrons. The summed E-state index contributed by atoms with van der Waals surface area (Å²) in [5, 5.41) is 0. The lowest BCUT2D eigenvalue weighted by atomic mass is 10.2. The minimum atomic E-state index is 0.473. The van der Waals surface area contributed by atoms with Crippen molar-refractivity contribution in [1.29, 1.82) is 0 Å². The number of terminal acetylenes is 1. The van der Waals surface area contributed by atoms with E-state index in [-0.39, 0.29) is 0 Å². The van der Waals surface area contributed by atoms with Gasteiger partial charge in [0.25, 0.3) is 6.47 Å². The summed E-state index contributed by atoms with van der Waals surface area (Å²) in [5.74, 6) is 2.55. The van der Waals surface area contributed by atoms with Crippen molar-refractivity contribution >= 4 is 6.47 Å². The Kier molecular flexibility index (Phi) is 7.25. The largest absolute Gasteiger partial charge is 0.468 e. The molecule has 56 valence electrons. The van der Waals surface area contributed by atoms with Crippen LogP contribution in [0, 0.1) is 12.3 Å². The fourth-order valence-corrected chi connectivity index (χ4v) is 0.637. The van der Waals surface area contributed by atoms with Crippen LogP contribution in [0.5, 0.6) is 0 Å². The quantitative estimate of drug-likeness (QED) is 0.316. The van der Waals surface area contributed by atoms with E-state index >= 15 is 0 Å². The summed E-state index contributed by atoms with van der Waals surface area (Å²) in [7, 11) is 0. The van der Waals surface area contributed by atoms with Gasteiger partial charge >= 0.3 is 0 Å². The highest BCUT2D eigenvalue weighted by Crippen LogP contribution is 1.97. The average Bonchev–Trinajstić information content (AvgIpc) is 1.97. The summed E-state index contributed by atoms with van der Waals surface area (Å²) in [4.78, 5) is 9.64. The van der Waals surface area contributed by atoms with E-state index in [4.69, 9.17) is 6.42 Å². The molecule has 0 saturated heterocycles. The zero-order valence-electron chi connectivity index (χ0n) is 6.01. The monoisotopic (exact) mass is 140 g/mol. The molecule has 0 amide bonds. The first-order valence-electron chi connectivity index (χ1n) is 3.40. The Bertz CT molecular complexity index is 113. The first-order valence-corrected chi connectivity index (χ1v) is 3.40. The van der Waals surface area contributed by atoms with Crippen LogP contribution in [0.2, 0.25) is 0 Å². The van der Waals surface area contributed by atoms with Crippen molar-refractivity contribution in [3.05, 3.63) is 0 Å². The van der Waals surface area contributed by atoms with Gasteiger partial charge < -0.3 is 4.74 Å². The van der Waals surface area contributed by atoms with Gasteiger partial charge in [0, 0.05) is 6.42 Å². The van der Waals surface area contributed by atoms with E-state index in [1.165, 1.54) is 0 Å². The van der Waals surface area contributed by atoms with Crippen molar-refractivity contribution in [3.63, 3.8) is 0 Å². The molecule has 0 atom stereocenters. The molecule has 0 bridgehead atoms. The summed E-state index contributed by atoms with van der Waals surface area (Å²) in [5.41, 5.74) is 0. The Balaban J connectivity index is 2.78. The van der Waals surface area contributed by atoms with Gasteiger partial charge in [0.2, 0.25) is 0 Å². The number of rotatable bonds is 6. The van der Waals surface area contributed by atoms with Gasteiger partial charge in [-0.05, 0) is 19.3 Å². The van der Waals surface area contributed by atoms with Crippen LogP contribution < -0.4 is 0 Å². The Morgan fingerprint density at radius 1 is 1.40 bits per heavy atom. The molecule has 0 aromatic carbocycles. The zero-order chi connectivity index (χ0) is 7.66.